The van der Waals surface area contributed by atoms with Gasteiger partial charge in [0.15, 0.2) is 0 Å². The fourth-order valence-corrected chi connectivity index (χ4v) is 3.91. The van der Waals surface area contributed by atoms with E-state index in [2.05, 4.69) is 12.2 Å². The highest BCUT2D eigenvalue weighted by Gasteiger charge is 2.37. The molecule has 0 aliphatic carbocycles. The van der Waals surface area contributed by atoms with Gasteiger partial charge in [0.25, 0.3) is 5.91 Å². The largest absolute Gasteiger partial charge is 0.340 e. The molecule has 1 fully saturated rings. The van der Waals surface area contributed by atoms with Crippen molar-refractivity contribution in [2.75, 3.05) is 19.6 Å². The van der Waals surface area contributed by atoms with Crippen LogP contribution in [0.25, 0.3) is 0 Å². The first-order valence-electron chi connectivity index (χ1n) is 8.88. The number of carbonyl (C=O) groups excluding carboxylic acids is 2. The zero-order valence-electron chi connectivity index (χ0n) is 15.0. The lowest BCUT2D eigenvalue weighted by molar-refractivity contribution is -0.132. The van der Waals surface area contributed by atoms with E-state index < -0.39 is 6.04 Å². The second-order valence-corrected chi connectivity index (χ2v) is 8.17. The number of nitrogens with one attached hydrogen (secondary N) is 1. The summed E-state index contributed by atoms with van der Waals surface area (Å²) < 4.78 is 0. The quantitative estimate of drug-likeness (QED) is 0.818. The molecule has 2 atom stereocenters. The van der Waals surface area contributed by atoms with Gasteiger partial charge < -0.3 is 16.0 Å². The van der Waals surface area contributed by atoms with Crippen LogP contribution in [-0.4, -0.2) is 42.4 Å². The van der Waals surface area contributed by atoms with Crippen molar-refractivity contribution in [1.29, 1.82) is 0 Å². The Morgan fingerprint density at radius 2 is 2.04 bits per heavy atom. The number of hydrogen-bond donors (Lipinski definition) is 2. The molecule has 0 radical (unpaired) electrons. The van der Waals surface area contributed by atoms with Crippen LogP contribution in [0, 0.1) is 5.41 Å². The average Bonchev–Trinajstić information content (AvgIpc) is 3.32. The minimum absolute atomic E-state index is 0.0315. The van der Waals surface area contributed by atoms with Gasteiger partial charge in [-0.3, -0.25) is 9.59 Å². The molecule has 1 aliphatic rings. The molecule has 0 bridgehead atoms. The molecule has 1 saturated heterocycles. The van der Waals surface area contributed by atoms with E-state index in [4.69, 9.17) is 5.73 Å². The van der Waals surface area contributed by atoms with Crippen LogP contribution >= 0.6 is 11.3 Å². The molecule has 2 amide bonds. The predicted octanol–water partition coefficient (Wildman–Crippen LogP) is 2.29. The van der Waals surface area contributed by atoms with Crippen molar-refractivity contribution in [1.82, 2.24) is 10.2 Å². The molecule has 1 aliphatic heterocycles. The first kappa shape index (κ1) is 18.6. The van der Waals surface area contributed by atoms with E-state index in [1.165, 1.54) is 11.3 Å². The minimum Gasteiger partial charge on any atom is -0.340 e. The van der Waals surface area contributed by atoms with Crippen LogP contribution in [0.2, 0.25) is 0 Å². The third-order valence-corrected chi connectivity index (χ3v) is 5.86. The van der Waals surface area contributed by atoms with Crippen LogP contribution in [0.5, 0.6) is 0 Å². The Morgan fingerprint density at radius 1 is 1.27 bits per heavy atom. The molecule has 2 aromatic rings. The summed E-state index contributed by atoms with van der Waals surface area (Å²) in [5.74, 6) is -0.231. The third kappa shape index (κ3) is 4.31. The predicted molar refractivity (Wildman–Crippen MR) is 104 cm³/mol. The van der Waals surface area contributed by atoms with Crippen molar-refractivity contribution < 1.29 is 9.59 Å². The van der Waals surface area contributed by atoms with Crippen molar-refractivity contribution in [3.05, 3.63) is 58.3 Å². The molecule has 6 heteroatoms. The molecule has 0 spiro atoms. The zero-order valence-corrected chi connectivity index (χ0v) is 15.8. The van der Waals surface area contributed by atoms with Crippen LogP contribution in [0.3, 0.4) is 0 Å². The molecule has 5 nitrogen and oxygen atoms in total. The van der Waals surface area contributed by atoms with Gasteiger partial charge in [-0.2, -0.15) is 0 Å². The highest BCUT2D eigenvalue weighted by Crippen LogP contribution is 2.29. The van der Waals surface area contributed by atoms with Crippen molar-refractivity contribution in [2.45, 2.75) is 25.8 Å². The molecule has 1 aromatic heterocycles. The van der Waals surface area contributed by atoms with Crippen LogP contribution < -0.4 is 11.1 Å². The number of benzene rings is 1. The number of nitrogens with zero attached hydrogens (tertiary/aromatic N) is 1. The molecule has 26 heavy (non-hydrogen) atoms. The number of rotatable bonds is 6. The van der Waals surface area contributed by atoms with Gasteiger partial charge in [-0.1, -0.05) is 43.3 Å². The summed E-state index contributed by atoms with van der Waals surface area (Å²) in [5.41, 5.74) is 6.86. The molecule has 2 heterocycles. The van der Waals surface area contributed by atoms with Gasteiger partial charge in [0.1, 0.15) is 6.04 Å². The molecule has 138 valence electrons. The number of carbonyl (C=O) groups is 2. The van der Waals surface area contributed by atoms with E-state index in [0.29, 0.717) is 30.9 Å². The zero-order chi connectivity index (χ0) is 18.6. The van der Waals surface area contributed by atoms with Gasteiger partial charge in [0, 0.05) is 19.5 Å². The van der Waals surface area contributed by atoms with Crippen molar-refractivity contribution in [3.8, 4) is 0 Å². The summed E-state index contributed by atoms with van der Waals surface area (Å²) in [5, 5.41) is 4.80. The maximum absolute atomic E-state index is 13.1. The maximum Gasteiger partial charge on any atom is 0.262 e. The molecular formula is C20H25N3O2S. The highest BCUT2D eigenvalue weighted by molar-refractivity contribution is 7.12. The van der Waals surface area contributed by atoms with Crippen molar-refractivity contribution in [3.63, 3.8) is 0 Å². The standard InChI is InChI=1S/C20H25N3O2S/c1-20(13-21)9-10-23(14-20)19(25)16(12-15-6-3-2-4-7-15)22-18(24)17-8-5-11-26-17/h2-8,11,16H,9-10,12-14,21H2,1H3,(H,22,24). The monoisotopic (exact) mass is 371 g/mol. The summed E-state index contributed by atoms with van der Waals surface area (Å²) in [7, 11) is 0. The molecule has 1 aromatic carbocycles. The molecule has 3 rings (SSSR count). The van der Waals surface area contributed by atoms with E-state index in [1.54, 1.807) is 6.07 Å². The maximum atomic E-state index is 13.1. The average molecular weight is 372 g/mol. The highest BCUT2D eigenvalue weighted by atomic mass is 32.1. The third-order valence-electron chi connectivity index (χ3n) is 4.99. The Balaban J connectivity index is 1.76. The van der Waals surface area contributed by atoms with Crippen LogP contribution in [-0.2, 0) is 11.2 Å². The first-order chi connectivity index (χ1) is 12.5. The fourth-order valence-electron chi connectivity index (χ4n) is 3.29. The van der Waals surface area contributed by atoms with Gasteiger partial charge in [-0.05, 0) is 35.4 Å². The van der Waals surface area contributed by atoms with E-state index >= 15 is 0 Å². The van der Waals surface area contributed by atoms with Gasteiger partial charge >= 0.3 is 0 Å². The van der Waals surface area contributed by atoms with Gasteiger partial charge in [-0.25, -0.2) is 0 Å². The van der Waals surface area contributed by atoms with Crippen LogP contribution in [0.15, 0.2) is 47.8 Å². The van der Waals surface area contributed by atoms with E-state index in [0.717, 1.165) is 12.0 Å². The Labute approximate surface area is 158 Å². The topological polar surface area (TPSA) is 75.4 Å². The van der Waals surface area contributed by atoms with E-state index in [9.17, 15) is 9.59 Å². The van der Waals surface area contributed by atoms with E-state index in [1.807, 2.05) is 46.7 Å². The molecule has 2 unspecified atom stereocenters. The Bertz CT molecular complexity index is 748. The fraction of sp³-hybridized carbons (Fsp3) is 0.400. The van der Waals surface area contributed by atoms with Gasteiger partial charge in [0.2, 0.25) is 5.91 Å². The smallest absolute Gasteiger partial charge is 0.262 e. The number of hydrogen-bond acceptors (Lipinski definition) is 4. The van der Waals surface area contributed by atoms with E-state index in [-0.39, 0.29) is 17.2 Å². The van der Waals surface area contributed by atoms with Gasteiger partial charge in [-0.15, -0.1) is 11.3 Å². The Kier molecular flexibility index (Phi) is 5.74. The number of amides is 2. The first-order valence-corrected chi connectivity index (χ1v) is 9.76. The summed E-state index contributed by atoms with van der Waals surface area (Å²) in [6.07, 6.45) is 1.37. The Morgan fingerprint density at radius 3 is 2.65 bits per heavy atom. The number of thiophene rings is 1. The van der Waals surface area contributed by atoms with Gasteiger partial charge in [0.05, 0.1) is 4.88 Å². The van der Waals surface area contributed by atoms with Crippen molar-refractivity contribution >= 4 is 23.2 Å². The lowest BCUT2D eigenvalue weighted by Gasteiger charge is -2.26. The lowest BCUT2D eigenvalue weighted by Crippen LogP contribution is -2.49. The molecule has 0 saturated carbocycles. The molecule has 3 N–H and O–H groups in total. The molecular weight excluding hydrogens is 346 g/mol. The van der Waals surface area contributed by atoms with Crippen molar-refractivity contribution in [2.24, 2.45) is 11.1 Å². The second kappa shape index (κ2) is 8.01. The van der Waals surface area contributed by atoms with Crippen LogP contribution in [0.4, 0.5) is 0 Å². The normalized spacial score (nSPS) is 20.8. The lowest BCUT2D eigenvalue weighted by atomic mass is 9.90. The summed E-state index contributed by atoms with van der Waals surface area (Å²) >= 11 is 1.37. The second-order valence-electron chi connectivity index (χ2n) is 7.22. The summed E-state index contributed by atoms with van der Waals surface area (Å²) in [6, 6.07) is 12.8. The summed E-state index contributed by atoms with van der Waals surface area (Å²) in [4.78, 5) is 28.1. The summed E-state index contributed by atoms with van der Waals surface area (Å²) in [6.45, 7) is 3.99. The number of likely N-dealkylation sites (tertiary alicyclic amines) is 1. The Hall–Kier alpha value is -2.18. The SMILES string of the molecule is CC1(CN)CCN(C(=O)C(Cc2ccccc2)NC(=O)c2cccs2)C1. The van der Waals surface area contributed by atoms with Crippen LogP contribution in [0.1, 0.15) is 28.6 Å². The minimum atomic E-state index is -0.577. The number of nitrogens with two attached hydrogens (primary N) is 1.